The van der Waals surface area contributed by atoms with Gasteiger partial charge in [-0.25, -0.2) is 4.98 Å². The molecule has 0 saturated heterocycles. The Bertz CT molecular complexity index is 1280. The second kappa shape index (κ2) is 10.1. The van der Waals surface area contributed by atoms with Crippen LogP contribution in [0.4, 0.5) is 10.8 Å². The molecule has 1 heterocycles. The summed E-state index contributed by atoms with van der Waals surface area (Å²) < 4.78 is 0. The molecule has 3 rings (SSSR count). The van der Waals surface area contributed by atoms with Crippen LogP contribution in [0.3, 0.4) is 0 Å². The number of nitrogens with one attached hydrogen (secondary N) is 2. The summed E-state index contributed by atoms with van der Waals surface area (Å²) in [5, 5.41) is 103. The number of hydrogen-bond donors (Lipinski definition) is 13. The van der Waals surface area contributed by atoms with Gasteiger partial charge < -0.3 is 62.1 Å². The highest BCUT2D eigenvalue weighted by molar-refractivity contribution is 7.17. The van der Waals surface area contributed by atoms with Gasteiger partial charge in [0, 0.05) is 17.7 Å². The van der Waals surface area contributed by atoms with E-state index >= 15 is 0 Å². The third-order valence-electron chi connectivity index (χ3n) is 5.16. The summed E-state index contributed by atoms with van der Waals surface area (Å²) in [7, 11) is 0. The molecule has 0 aliphatic heterocycles. The van der Waals surface area contributed by atoms with Gasteiger partial charge in [0.05, 0.1) is 18.5 Å². The molecule has 3 aromatic rings. The fourth-order valence-corrected chi connectivity index (χ4v) is 3.82. The summed E-state index contributed by atoms with van der Waals surface area (Å²) >= 11 is 0.820. The van der Waals surface area contributed by atoms with E-state index in [1.54, 1.807) is 0 Å². The number of hydrogen-bond acceptors (Lipinski definition) is 15. The molecule has 15 nitrogen and oxygen atoms in total. The zero-order valence-electron chi connectivity index (χ0n) is 18.7. The Morgan fingerprint density at radius 2 is 1.43 bits per heavy atom. The molecule has 16 heteroatoms. The van der Waals surface area contributed by atoms with Gasteiger partial charge in [0.25, 0.3) is 0 Å². The normalized spacial score (nSPS) is 12.0. The number of anilines is 2. The second-order valence-corrected chi connectivity index (χ2v) is 9.00. The Labute approximate surface area is 211 Å². The molecule has 0 saturated carbocycles. The second-order valence-electron chi connectivity index (χ2n) is 7.99. The number of carbonyl (C=O) groups is 1. The molecule has 1 aromatic heterocycles. The first-order valence-corrected chi connectivity index (χ1v) is 11.1. The summed E-state index contributed by atoms with van der Waals surface area (Å²) in [4.78, 5) is 16.0. The van der Waals surface area contributed by atoms with Crippen molar-refractivity contribution in [1.82, 2.24) is 10.3 Å². The van der Waals surface area contributed by atoms with Gasteiger partial charge in [-0.05, 0) is 12.1 Å². The van der Waals surface area contributed by atoms with Crippen molar-refractivity contribution in [3.63, 3.8) is 0 Å². The van der Waals surface area contributed by atoms with Gasteiger partial charge >= 0.3 is 0 Å². The van der Waals surface area contributed by atoms with E-state index < -0.39 is 64.9 Å². The molecule has 0 aliphatic rings. The first kappa shape index (κ1) is 27.5. The lowest BCUT2D eigenvalue weighted by Gasteiger charge is -2.29. The fraction of sp³-hybridized carbons (Fsp3) is 0.238. The number of aliphatic hydroxyl groups is 4. The molecule has 2 aromatic carbocycles. The van der Waals surface area contributed by atoms with Gasteiger partial charge in [0.1, 0.15) is 5.69 Å². The maximum atomic E-state index is 12.2. The van der Waals surface area contributed by atoms with E-state index in [0.29, 0.717) is 0 Å². The van der Waals surface area contributed by atoms with Crippen LogP contribution in [-0.4, -0.2) is 74.4 Å². The van der Waals surface area contributed by atoms with E-state index in [2.05, 4.69) is 10.3 Å². The predicted molar refractivity (Wildman–Crippen MR) is 127 cm³/mol. The monoisotopic (exact) mass is 540 g/mol. The first-order valence-electron chi connectivity index (χ1n) is 10.3. The lowest BCUT2D eigenvalue weighted by atomic mass is 10.0. The largest absolute Gasteiger partial charge is 0.504 e. The van der Waals surface area contributed by atoms with E-state index in [4.69, 9.17) is 5.73 Å². The number of aromatic hydroxyl groups is 6. The highest BCUT2D eigenvalue weighted by atomic mass is 32.1. The minimum Gasteiger partial charge on any atom is -0.504 e. The van der Waals surface area contributed by atoms with Gasteiger partial charge in [-0.2, -0.15) is 0 Å². The number of nitrogens with two attached hydrogens (primary N) is 1. The highest BCUT2D eigenvalue weighted by Gasteiger charge is 2.35. The standard InChI is InChI=1S/C21H24N4O11S/c22-19-25-11(18(32)37-19)5-12(26)24-9-3-1-8(2-4-9)20(33,34)7-23-21(35,36)6-10-13(27)15(29)17(31)16(30)14(10)28/h1-4,23,27-36H,5-7H2,(H2,22,25)(H,24,26). The van der Waals surface area contributed by atoms with Crippen LogP contribution in [0.2, 0.25) is 0 Å². The molecule has 0 aliphatic carbocycles. The first-order chi connectivity index (χ1) is 17.1. The topological polar surface area (TPSA) is 282 Å². The minimum absolute atomic E-state index is 0.100. The Kier molecular flexibility index (Phi) is 7.54. The summed E-state index contributed by atoms with van der Waals surface area (Å²) in [6.45, 7) is -0.909. The van der Waals surface area contributed by atoms with Crippen molar-refractivity contribution >= 4 is 28.1 Å². The Hall–Kier alpha value is -4.06. The van der Waals surface area contributed by atoms with Crippen molar-refractivity contribution in [2.75, 3.05) is 17.6 Å². The Morgan fingerprint density at radius 3 is 1.95 bits per heavy atom. The molecule has 200 valence electrons. The zero-order chi connectivity index (χ0) is 27.7. The smallest absolute Gasteiger partial charge is 0.230 e. The highest BCUT2D eigenvalue weighted by Crippen LogP contribution is 2.51. The molecule has 0 spiro atoms. The number of amides is 1. The van der Waals surface area contributed by atoms with Gasteiger partial charge in [-0.15, -0.1) is 0 Å². The van der Waals surface area contributed by atoms with Crippen LogP contribution in [0.1, 0.15) is 16.8 Å². The molecule has 14 N–H and O–H groups in total. The molecule has 0 unspecified atom stereocenters. The van der Waals surface area contributed by atoms with Crippen LogP contribution in [-0.2, 0) is 23.4 Å². The van der Waals surface area contributed by atoms with E-state index in [0.717, 1.165) is 11.3 Å². The Balaban J connectivity index is 1.64. The number of rotatable bonds is 9. The summed E-state index contributed by atoms with van der Waals surface area (Å²) in [6, 6.07) is 5.10. The van der Waals surface area contributed by atoms with Crippen LogP contribution in [0.15, 0.2) is 24.3 Å². The maximum absolute atomic E-state index is 12.2. The molecule has 0 radical (unpaired) electrons. The van der Waals surface area contributed by atoms with Crippen molar-refractivity contribution in [2.24, 2.45) is 0 Å². The number of thiazole rings is 1. The zero-order valence-corrected chi connectivity index (χ0v) is 19.6. The van der Waals surface area contributed by atoms with Crippen molar-refractivity contribution < 1.29 is 55.9 Å². The summed E-state index contributed by atoms with van der Waals surface area (Å²) in [6.07, 6.45) is -1.33. The van der Waals surface area contributed by atoms with Crippen molar-refractivity contribution in [3.05, 3.63) is 41.1 Å². The van der Waals surface area contributed by atoms with Crippen molar-refractivity contribution in [2.45, 2.75) is 24.5 Å². The van der Waals surface area contributed by atoms with E-state index in [-0.39, 0.29) is 33.6 Å². The summed E-state index contributed by atoms with van der Waals surface area (Å²) in [5.74, 6) is -12.2. The average Bonchev–Trinajstić information content (AvgIpc) is 3.14. The number of benzene rings is 2. The van der Waals surface area contributed by atoms with Crippen molar-refractivity contribution in [3.8, 4) is 33.8 Å². The van der Waals surface area contributed by atoms with Crippen LogP contribution in [0.5, 0.6) is 33.8 Å². The SMILES string of the molecule is Nc1nc(CC(=O)Nc2ccc(C(O)(O)CNC(O)(O)Cc3c(O)c(O)c(O)c(O)c3O)cc2)c(O)s1. The van der Waals surface area contributed by atoms with Gasteiger partial charge in [0.15, 0.2) is 21.7 Å². The number of aromatic nitrogens is 1. The minimum atomic E-state index is -3.01. The molecule has 1 amide bonds. The number of phenols is 5. The number of phenolic OH excluding ortho intramolecular Hbond substituents is 5. The molecular weight excluding hydrogens is 516 g/mol. The maximum Gasteiger partial charge on any atom is 0.230 e. The molecular formula is C21H24N4O11S. The lowest BCUT2D eigenvalue weighted by molar-refractivity contribution is -0.221. The van der Waals surface area contributed by atoms with Crippen LogP contribution in [0.25, 0.3) is 0 Å². The number of nitrogen functional groups attached to an aromatic ring is 1. The lowest BCUT2D eigenvalue weighted by Crippen LogP contribution is -2.52. The molecule has 0 atom stereocenters. The van der Waals surface area contributed by atoms with Crippen LogP contribution in [0, 0.1) is 0 Å². The average molecular weight is 541 g/mol. The van der Waals surface area contributed by atoms with Gasteiger partial charge in [-0.1, -0.05) is 23.5 Å². The van der Waals surface area contributed by atoms with Crippen LogP contribution >= 0.6 is 11.3 Å². The van der Waals surface area contributed by atoms with E-state index in [1.165, 1.54) is 24.3 Å². The third-order valence-corrected chi connectivity index (χ3v) is 5.89. The van der Waals surface area contributed by atoms with Crippen molar-refractivity contribution in [1.29, 1.82) is 0 Å². The fourth-order valence-electron chi connectivity index (χ4n) is 3.23. The van der Waals surface area contributed by atoms with Gasteiger partial charge in [0.2, 0.25) is 34.9 Å². The quantitative estimate of drug-likeness (QED) is 0.0857. The Morgan fingerprint density at radius 1 is 0.892 bits per heavy atom. The van der Waals surface area contributed by atoms with E-state index in [1.807, 2.05) is 5.32 Å². The third kappa shape index (κ3) is 6.20. The number of nitrogens with zero attached hydrogens (tertiary/aromatic N) is 1. The van der Waals surface area contributed by atoms with Crippen LogP contribution < -0.4 is 16.4 Å². The number of carbonyl (C=O) groups excluding carboxylic acids is 1. The predicted octanol–water partition coefficient (Wildman–Crippen LogP) is -1.25. The summed E-state index contributed by atoms with van der Waals surface area (Å²) in [5.41, 5.74) is 4.93. The molecule has 0 bridgehead atoms. The molecule has 0 fully saturated rings. The van der Waals surface area contributed by atoms with Gasteiger partial charge in [-0.3, -0.25) is 10.1 Å². The van der Waals surface area contributed by atoms with E-state index in [9.17, 15) is 55.9 Å². The molecule has 37 heavy (non-hydrogen) atoms.